The van der Waals surface area contributed by atoms with Crippen LogP contribution in [-0.4, -0.2) is 21.9 Å². The highest BCUT2D eigenvalue weighted by Gasteiger charge is 2.16. The molecule has 0 unspecified atom stereocenters. The number of amides is 1. The van der Waals surface area contributed by atoms with E-state index in [1.54, 1.807) is 35.1 Å². The van der Waals surface area contributed by atoms with Gasteiger partial charge >= 0.3 is 0 Å². The van der Waals surface area contributed by atoms with E-state index in [1.807, 2.05) is 18.4 Å². The van der Waals surface area contributed by atoms with Crippen LogP contribution in [0.3, 0.4) is 0 Å². The van der Waals surface area contributed by atoms with E-state index in [4.69, 9.17) is 46.4 Å². The SMILES string of the molecule is CSc1ccc(Cl)c(C(=O)Nc2nn(Cc3ccc(Cl)c(Cl)c3)cc2Cl)c1. The van der Waals surface area contributed by atoms with Crippen molar-refractivity contribution in [3.8, 4) is 0 Å². The fourth-order valence-electron chi connectivity index (χ4n) is 2.37. The normalized spacial score (nSPS) is 10.9. The van der Waals surface area contributed by atoms with Gasteiger partial charge in [-0.15, -0.1) is 11.8 Å². The van der Waals surface area contributed by atoms with E-state index in [0.717, 1.165) is 10.5 Å². The molecule has 0 saturated carbocycles. The summed E-state index contributed by atoms with van der Waals surface area (Å²) in [4.78, 5) is 13.5. The van der Waals surface area contributed by atoms with Gasteiger partial charge in [-0.05, 0) is 42.2 Å². The number of anilines is 1. The number of carbonyl (C=O) groups is 1. The minimum Gasteiger partial charge on any atom is -0.304 e. The molecule has 9 heteroatoms. The molecule has 0 aliphatic carbocycles. The fraction of sp³-hybridized carbons (Fsp3) is 0.111. The highest BCUT2D eigenvalue weighted by molar-refractivity contribution is 7.98. The molecule has 2 aromatic carbocycles. The van der Waals surface area contributed by atoms with Crippen molar-refractivity contribution in [1.82, 2.24) is 9.78 Å². The molecule has 1 amide bonds. The van der Waals surface area contributed by atoms with Crippen molar-refractivity contribution in [2.24, 2.45) is 0 Å². The Morgan fingerprint density at radius 2 is 1.78 bits per heavy atom. The molecule has 0 radical (unpaired) electrons. The molecular weight excluding hydrogens is 448 g/mol. The van der Waals surface area contributed by atoms with Crippen molar-refractivity contribution < 1.29 is 4.79 Å². The summed E-state index contributed by atoms with van der Waals surface area (Å²) in [5.74, 6) is -0.120. The number of aromatic nitrogens is 2. The third-order valence-electron chi connectivity index (χ3n) is 3.70. The van der Waals surface area contributed by atoms with Gasteiger partial charge in [0.05, 0.1) is 27.2 Å². The van der Waals surface area contributed by atoms with Crippen LogP contribution in [0.15, 0.2) is 47.5 Å². The lowest BCUT2D eigenvalue weighted by Crippen LogP contribution is -2.14. The van der Waals surface area contributed by atoms with Crippen molar-refractivity contribution in [1.29, 1.82) is 0 Å². The molecule has 0 saturated heterocycles. The molecule has 0 aliphatic rings. The minimum atomic E-state index is -0.377. The maximum absolute atomic E-state index is 12.6. The highest BCUT2D eigenvalue weighted by atomic mass is 35.5. The highest BCUT2D eigenvalue weighted by Crippen LogP contribution is 2.27. The summed E-state index contributed by atoms with van der Waals surface area (Å²) in [5, 5.41) is 8.65. The van der Waals surface area contributed by atoms with E-state index in [2.05, 4.69) is 10.4 Å². The average molecular weight is 461 g/mol. The summed E-state index contributed by atoms with van der Waals surface area (Å²) in [6, 6.07) is 10.6. The number of halogens is 4. The molecule has 3 rings (SSSR count). The number of carbonyl (C=O) groups excluding carboxylic acids is 1. The topological polar surface area (TPSA) is 46.9 Å². The molecule has 0 bridgehead atoms. The van der Waals surface area contributed by atoms with Crippen LogP contribution in [-0.2, 0) is 6.54 Å². The van der Waals surface area contributed by atoms with E-state index >= 15 is 0 Å². The molecule has 3 aromatic rings. The minimum absolute atomic E-state index is 0.257. The van der Waals surface area contributed by atoms with Gasteiger partial charge in [0.1, 0.15) is 5.02 Å². The van der Waals surface area contributed by atoms with Crippen molar-refractivity contribution in [2.45, 2.75) is 11.4 Å². The summed E-state index contributed by atoms with van der Waals surface area (Å²) in [7, 11) is 0. The summed E-state index contributed by atoms with van der Waals surface area (Å²) in [5.41, 5.74) is 1.26. The van der Waals surface area contributed by atoms with Gasteiger partial charge < -0.3 is 5.32 Å². The van der Waals surface area contributed by atoms with Gasteiger partial charge in [-0.2, -0.15) is 5.10 Å². The Morgan fingerprint density at radius 1 is 1.04 bits per heavy atom. The second-order valence-electron chi connectivity index (χ2n) is 5.57. The van der Waals surface area contributed by atoms with Crippen LogP contribution in [0.2, 0.25) is 20.1 Å². The number of benzene rings is 2. The Morgan fingerprint density at radius 3 is 2.48 bits per heavy atom. The van der Waals surface area contributed by atoms with Crippen LogP contribution in [0.1, 0.15) is 15.9 Å². The first-order valence-corrected chi connectivity index (χ1v) is 10.4. The Bertz CT molecular complexity index is 1010. The predicted octanol–water partition coefficient (Wildman–Crippen LogP) is 6.52. The van der Waals surface area contributed by atoms with Gasteiger partial charge in [0, 0.05) is 11.1 Å². The molecule has 0 aliphatic heterocycles. The van der Waals surface area contributed by atoms with Crippen molar-refractivity contribution in [3.05, 3.63) is 73.8 Å². The van der Waals surface area contributed by atoms with Gasteiger partial charge in [0.2, 0.25) is 0 Å². The van der Waals surface area contributed by atoms with E-state index in [0.29, 0.717) is 32.2 Å². The summed E-state index contributed by atoms with van der Waals surface area (Å²) in [6.45, 7) is 0.426. The van der Waals surface area contributed by atoms with E-state index in [9.17, 15) is 4.79 Å². The molecule has 140 valence electrons. The van der Waals surface area contributed by atoms with Crippen molar-refractivity contribution in [3.63, 3.8) is 0 Å². The van der Waals surface area contributed by atoms with E-state index in [1.165, 1.54) is 11.8 Å². The predicted molar refractivity (Wildman–Crippen MR) is 114 cm³/mol. The second kappa shape index (κ2) is 8.76. The first-order valence-electron chi connectivity index (χ1n) is 7.69. The Kier molecular flexibility index (Phi) is 6.61. The van der Waals surface area contributed by atoms with Crippen LogP contribution in [0.4, 0.5) is 5.82 Å². The molecule has 1 aromatic heterocycles. The lowest BCUT2D eigenvalue weighted by molar-refractivity contribution is 0.102. The molecule has 0 fully saturated rings. The zero-order valence-electron chi connectivity index (χ0n) is 14.0. The summed E-state index contributed by atoms with van der Waals surface area (Å²) < 4.78 is 1.61. The summed E-state index contributed by atoms with van der Waals surface area (Å²) >= 11 is 25.8. The molecular formula is C18H13Cl4N3OS. The largest absolute Gasteiger partial charge is 0.304 e. The lowest BCUT2D eigenvalue weighted by atomic mass is 10.2. The quantitative estimate of drug-likeness (QED) is 0.441. The summed E-state index contributed by atoms with van der Waals surface area (Å²) in [6.07, 6.45) is 3.55. The molecule has 0 atom stereocenters. The standard InChI is InChI=1S/C18H13Cl4N3OS/c1-27-11-3-5-13(19)12(7-11)18(26)23-17-16(22)9-25(24-17)8-10-2-4-14(20)15(21)6-10/h2-7,9H,8H2,1H3,(H,23,24,26). The van der Waals surface area contributed by atoms with Gasteiger partial charge in [-0.25, -0.2) is 0 Å². The number of thioether (sulfide) groups is 1. The van der Waals surface area contributed by atoms with Crippen LogP contribution >= 0.6 is 58.2 Å². The third-order valence-corrected chi connectivity index (χ3v) is 5.77. The number of rotatable bonds is 5. The van der Waals surface area contributed by atoms with Gasteiger partial charge in [-0.3, -0.25) is 9.48 Å². The smallest absolute Gasteiger partial charge is 0.258 e. The maximum Gasteiger partial charge on any atom is 0.258 e. The van der Waals surface area contributed by atoms with Crippen molar-refractivity contribution in [2.75, 3.05) is 11.6 Å². The second-order valence-corrected chi connectivity index (χ2v) is 8.08. The third kappa shape index (κ3) is 4.92. The monoisotopic (exact) mass is 459 g/mol. The van der Waals surface area contributed by atoms with Crippen LogP contribution in [0, 0.1) is 0 Å². The Labute approximate surface area is 180 Å². The number of nitrogens with zero attached hydrogens (tertiary/aromatic N) is 2. The Balaban J connectivity index is 1.78. The molecule has 0 spiro atoms. The van der Waals surface area contributed by atoms with Gasteiger partial charge in [-0.1, -0.05) is 52.5 Å². The number of hydrogen-bond donors (Lipinski definition) is 1. The van der Waals surface area contributed by atoms with E-state index in [-0.39, 0.29) is 11.7 Å². The Hall–Kier alpha value is -1.37. The first kappa shape index (κ1) is 20.4. The van der Waals surface area contributed by atoms with E-state index < -0.39 is 0 Å². The maximum atomic E-state index is 12.6. The average Bonchev–Trinajstić information content (AvgIpc) is 2.97. The van der Waals surface area contributed by atoms with Crippen LogP contribution in [0.5, 0.6) is 0 Å². The zero-order valence-corrected chi connectivity index (χ0v) is 17.8. The fourth-order valence-corrected chi connectivity index (χ4v) is 3.53. The molecule has 1 N–H and O–H groups in total. The first-order chi connectivity index (χ1) is 12.9. The van der Waals surface area contributed by atoms with Crippen LogP contribution < -0.4 is 5.32 Å². The van der Waals surface area contributed by atoms with Gasteiger partial charge in [0.15, 0.2) is 5.82 Å². The zero-order chi connectivity index (χ0) is 19.6. The number of hydrogen-bond acceptors (Lipinski definition) is 3. The molecule has 1 heterocycles. The van der Waals surface area contributed by atoms with Crippen molar-refractivity contribution >= 4 is 69.9 Å². The number of nitrogens with one attached hydrogen (secondary N) is 1. The molecule has 27 heavy (non-hydrogen) atoms. The van der Waals surface area contributed by atoms with Crippen LogP contribution in [0.25, 0.3) is 0 Å². The molecule has 4 nitrogen and oxygen atoms in total. The lowest BCUT2D eigenvalue weighted by Gasteiger charge is -2.07. The van der Waals surface area contributed by atoms with Gasteiger partial charge in [0.25, 0.3) is 5.91 Å².